The van der Waals surface area contributed by atoms with Crippen LogP contribution in [0.5, 0.6) is 0 Å². The van der Waals surface area contributed by atoms with Gasteiger partial charge < -0.3 is 61.9 Å². The Morgan fingerprint density at radius 2 is 0.952 bits per heavy atom. The Morgan fingerprint density at radius 1 is 0.500 bits per heavy atom. The summed E-state index contributed by atoms with van der Waals surface area (Å²) < 4.78 is 196. The Kier molecular flexibility index (Phi) is 26.7. The molecule has 7 aromatic rings. The zero-order valence-electron chi connectivity index (χ0n) is 65.2. The van der Waals surface area contributed by atoms with Crippen molar-refractivity contribution in [1.82, 2.24) is 10.8 Å². The number of ether oxygens (including phenoxy) is 4. The molecule has 8 fully saturated rings. The number of aliphatic imine (C=N–C) groups is 4. The van der Waals surface area contributed by atoms with Crippen LogP contribution in [0, 0.1) is 96.6 Å². The smallest absolute Gasteiger partial charge is 0.462 e. The third-order valence-electron chi connectivity index (χ3n) is 24.0. The molecule has 0 aromatic heterocycles. The number of aliphatic hydroxyl groups excluding tert-OH is 1. The number of nitrogens with zero attached hydrogens (tertiary/aromatic N) is 7. The van der Waals surface area contributed by atoms with Gasteiger partial charge in [0.05, 0.1) is 70.5 Å². The maximum atomic E-state index is 14.2. The lowest BCUT2D eigenvalue weighted by atomic mass is 9.85. The molecule has 0 bridgehead atoms. The molecule has 0 spiro atoms. The van der Waals surface area contributed by atoms with Gasteiger partial charge in [0.15, 0.2) is 0 Å². The Bertz CT molecular complexity index is 5570. The van der Waals surface area contributed by atoms with Crippen LogP contribution >= 0.6 is 69.6 Å². The van der Waals surface area contributed by atoms with E-state index < -0.39 is 171 Å². The quantitative estimate of drug-likeness (QED) is 0.0204. The third kappa shape index (κ3) is 17.8. The maximum Gasteiger partial charge on any atom is 0.536 e. The summed E-state index contributed by atoms with van der Waals surface area (Å²) in [4.78, 5) is 58.5. The number of non-ortho nitro benzene ring substituents is 1. The number of oxime groups is 1. The number of aliphatic hydroxyl groups is 1. The first-order chi connectivity index (χ1) is 60.0. The van der Waals surface area contributed by atoms with Gasteiger partial charge in [-0.2, -0.15) is 5.48 Å². The molecule has 6 aliphatic heterocycles. The number of nitro benzene ring substituents is 1. The molecule has 126 heavy (non-hydrogen) atoms. The molecule has 7 aliphatic carbocycles. The number of hydrogen-bond acceptors (Lipinski definition) is 22. The van der Waals surface area contributed by atoms with E-state index in [1.807, 2.05) is 0 Å². The standard InChI is InChI=1S/C19H15ClF2N2O2.C12H8ClF2N3O5.C12H12ClF2N3O.C12H11ClF2N2O.C11H10ClF2NO.C11H12ClF2NO.C5H6FNO/c20-16-12(7-4-8-14(16)22)19(10-21)13-9-15(13)26-18(24-19)23-17(25)11-5-2-1-3-6-11;13-10-7(1-5(17(19)20)2-8(10)15)12(4-14)6-3-9(6)23-11(16-12)18(21)22;13-10-7(1-5(16)2-8(10)15)12(4-14)6-3-9(6)19-11(17)18-12;13-10-6(2-1-3-8(10)15)12(5-14)7-4-9(7)18-11(16)17-12;12-10-6(2-1-3-8(10)14)11(5-13)7-4-9(7)16-15-11;12-10-6(2-1-3-8(10)14)11(15,5-13)7-4-9(7)16;6-2-4-3-1-5(3)8-7-4/h1-8,13,15H,9-10H2,(H,23,24,25);1-2,6,9H,3-4H2;1-2,6,9H,3-4,16H2,(H2,17,18);1-3,7,9H,4-5H2,(H2,16,17);1-3,7,9,15H,4-5H2;1-3,7,9,16H,4-5,15H2;3,5H,1-2H2/t13-,15+,19+;2*6-,9+,12-;7-,9+,12+;2*7-,9+,11+;/m000000./s1. The van der Waals surface area contributed by atoms with Crippen molar-refractivity contribution >= 4 is 117 Å². The molecule has 0 radical (unpaired) electrons. The van der Waals surface area contributed by atoms with E-state index in [1.165, 1.54) is 60.7 Å². The first kappa shape index (κ1) is 92.4. The SMILES string of the molecule is FCC1=NOC2CC12.FC[C@]1(c2cccc(F)c2Cl)NO[C@@H]2C[C@@H]21.NC1=N[C@](CF)(c2cc(N)cc(F)c2Cl)[C@H]2C[C@H]2O1.NC1=N[C@](CF)(c2cccc(F)c2Cl)[C@H]2C[C@H]2O1.N[C@](CF)(c1cccc(F)c1Cl)[C@H]1C[C@H]1O.O=C(NC1=N[C@](CF)(c2cccc(F)c2Cl)[C@H]2C[C@H]2O1)c1ccccc1.O=[N+]([O-])C1=N[C@](CF)(c2cc([N+](=O)[O-])cc(F)c2Cl)[C@H]2C[C@H]2O1. The van der Waals surface area contributed by atoms with Crippen LogP contribution < -0.4 is 33.7 Å². The summed E-state index contributed by atoms with van der Waals surface area (Å²) >= 11 is 35.5. The van der Waals surface area contributed by atoms with Crippen LogP contribution in [0.4, 0.5) is 68.5 Å². The summed E-state index contributed by atoms with van der Waals surface area (Å²) in [5.41, 5.74) is 19.0. The first-order valence-corrected chi connectivity index (χ1v) is 41.1. The molecule has 7 aromatic carbocycles. The van der Waals surface area contributed by atoms with E-state index in [0.717, 1.165) is 25.0 Å². The molecule has 13 aliphatic rings. The number of amidine groups is 4. The minimum Gasteiger partial charge on any atom is -0.462 e. The molecule has 2 unspecified atom stereocenters. The molecule has 6 heterocycles. The second kappa shape index (κ2) is 36.4. The average molecular weight is 1890 g/mol. The van der Waals surface area contributed by atoms with Crippen molar-refractivity contribution in [2.45, 2.75) is 121 Å². The average Bonchev–Trinajstić information content (AvgIpc) is 1.57. The number of nitro groups is 2. The lowest BCUT2D eigenvalue weighted by molar-refractivity contribution is -0.385. The highest BCUT2D eigenvalue weighted by molar-refractivity contribution is 6.33. The lowest BCUT2D eigenvalue weighted by Crippen LogP contribution is -2.43. The fourth-order valence-corrected chi connectivity index (χ4v) is 18.4. The van der Waals surface area contributed by atoms with Crippen molar-refractivity contribution < 1.29 is 105 Å². The summed E-state index contributed by atoms with van der Waals surface area (Å²) in [6, 6.07) is 28.5. The van der Waals surface area contributed by atoms with Crippen molar-refractivity contribution in [3.05, 3.63) is 252 Å². The minimum absolute atomic E-state index is 0.0243. The molecule has 11 N–H and O–H groups in total. The lowest BCUT2D eigenvalue weighted by Gasteiger charge is -2.32. The van der Waals surface area contributed by atoms with Crippen LogP contribution in [0.2, 0.25) is 30.1 Å². The summed E-state index contributed by atoms with van der Waals surface area (Å²) in [7, 11) is 0. The van der Waals surface area contributed by atoms with Gasteiger partial charge in [-0.1, -0.05) is 141 Å². The number of benzene rings is 7. The number of rotatable bonds is 16. The predicted molar refractivity (Wildman–Crippen MR) is 437 cm³/mol. The number of hydroxylamine groups is 1. The van der Waals surface area contributed by atoms with Crippen molar-refractivity contribution in [2.24, 2.45) is 83.8 Å². The molecule has 20 rings (SSSR count). The third-order valence-corrected chi connectivity index (χ3v) is 26.3. The van der Waals surface area contributed by atoms with Gasteiger partial charge >= 0.3 is 6.02 Å². The van der Waals surface area contributed by atoms with Crippen LogP contribution in [0.1, 0.15) is 88.7 Å². The van der Waals surface area contributed by atoms with E-state index in [4.69, 9.17) is 121 Å². The van der Waals surface area contributed by atoms with Crippen LogP contribution in [0.3, 0.4) is 0 Å². The Hall–Kier alpha value is -9.77. The van der Waals surface area contributed by atoms with Crippen molar-refractivity contribution in [3.63, 3.8) is 0 Å². The largest absolute Gasteiger partial charge is 0.536 e. The van der Waals surface area contributed by atoms with Gasteiger partial charge in [0.2, 0.25) is 5.54 Å². The van der Waals surface area contributed by atoms with Crippen molar-refractivity contribution in [1.29, 1.82) is 0 Å². The summed E-state index contributed by atoms with van der Waals surface area (Å²) in [6.07, 6.45) is 2.69. The van der Waals surface area contributed by atoms with Gasteiger partial charge in [-0.15, -0.1) is 0 Å². The van der Waals surface area contributed by atoms with Crippen LogP contribution in [-0.2, 0) is 61.9 Å². The number of fused-ring (bicyclic) bond motifs is 6. The normalized spacial score (nSPS) is 30.9. The number of nitrogens with one attached hydrogen (secondary N) is 2. The van der Waals surface area contributed by atoms with Gasteiger partial charge in [0.25, 0.3) is 29.7 Å². The highest BCUT2D eigenvalue weighted by Crippen LogP contribution is 2.60. The number of halogens is 19. The highest BCUT2D eigenvalue weighted by atomic mass is 35.5. The van der Waals surface area contributed by atoms with Gasteiger partial charge in [-0.05, 0) is 110 Å². The number of carbonyl (C=O) groups excluding carboxylic acids is 1. The molecular weight excluding hydrogens is 1820 g/mol. The van der Waals surface area contributed by atoms with Crippen LogP contribution in [0.15, 0.2) is 153 Å². The summed E-state index contributed by atoms with van der Waals surface area (Å²) in [5.74, 6) is -5.76. The Morgan fingerprint density at radius 3 is 1.40 bits per heavy atom. The number of nitrogen functional groups attached to an aromatic ring is 1. The van der Waals surface area contributed by atoms with E-state index in [9.17, 15) is 87.2 Å². The molecular formula is C82H74Cl6F13N13O12. The first-order valence-electron chi connectivity index (χ1n) is 38.8. The molecule has 1 saturated heterocycles. The minimum atomic E-state index is -1.87. The molecule has 1 amide bonds. The van der Waals surface area contributed by atoms with E-state index in [-0.39, 0.29) is 132 Å². The van der Waals surface area contributed by atoms with Crippen molar-refractivity contribution in [3.8, 4) is 0 Å². The zero-order valence-corrected chi connectivity index (χ0v) is 69.7. The van der Waals surface area contributed by atoms with Gasteiger partial charge in [-0.3, -0.25) is 25.1 Å². The van der Waals surface area contributed by atoms with E-state index in [2.05, 4.69) is 35.9 Å². The van der Waals surface area contributed by atoms with Gasteiger partial charge in [-0.25, -0.2) is 72.1 Å². The Balaban J connectivity index is 0.000000121. The monoisotopic (exact) mass is 1890 g/mol. The number of anilines is 1. The van der Waals surface area contributed by atoms with Crippen LogP contribution in [-0.4, -0.2) is 140 Å². The summed E-state index contributed by atoms with van der Waals surface area (Å²) in [5, 5.41) is 36.0. The maximum absolute atomic E-state index is 14.2. The molecule has 20 atom stereocenters. The Labute approximate surface area is 737 Å². The van der Waals surface area contributed by atoms with Gasteiger partial charge in [0, 0.05) is 80.0 Å². The molecule has 672 valence electrons. The van der Waals surface area contributed by atoms with E-state index in [1.54, 1.807) is 48.5 Å². The van der Waals surface area contributed by atoms with Crippen LogP contribution in [0.25, 0.3) is 0 Å². The summed E-state index contributed by atoms with van der Waals surface area (Å²) in [6.45, 7) is -5.67. The van der Waals surface area contributed by atoms with Crippen molar-refractivity contribution in [2.75, 3.05) is 52.5 Å². The number of carbonyl (C=O) groups is 1. The second-order valence-corrected chi connectivity index (χ2v) is 34.1. The second-order valence-electron chi connectivity index (χ2n) is 31.8. The molecule has 7 saturated carbocycles. The van der Waals surface area contributed by atoms with Gasteiger partial charge in [0.1, 0.15) is 134 Å². The number of nitrogens with two attached hydrogens (primary N) is 4. The highest BCUT2D eigenvalue weighted by Gasteiger charge is 2.68. The fraction of sp³-hybridized carbons (Fsp3) is 0.415. The topological polar surface area (TPSA) is 369 Å². The molecule has 25 nitrogen and oxygen atoms in total. The zero-order chi connectivity index (χ0) is 90.8. The predicted octanol–water partition coefficient (Wildman–Crippen LogP) is 16.1. The number of alkyl halides is 7. The fourth-order valence-electron chi connectivity index (χ4n) is 16.6. The van der Waals surface area contributed by atoms with E-state index in [0.29, 0.717) is 60.1 Å². The number of hydrogen-bond donors (Lipinski definition) is 7. The number of amides is 1. The molecule has 44 heteroatoms. The van der Waals surface area contributed by atoms with E-state index >= 15 is 0 Å².